The second-order valence-electron chi connectivity index (χ2n) is 3.56. The molecule has 0 saturated heterocycles. The van der Waals surface area contributed by atoms with Crippen molar-refractivity contribution >= 4 is 10.9 Å². The molecule has 0 atom stereocenters. The van der Waals surface area contributed by atoms with E-state index in [1.807, 2.05) is 30.5 Å². The molecule has 0 N–H and O–H groups in total. The van der Waals surface area contributed by atoms with Gasteiger partial charge in [-0.1, -0.05) is 36.4 Å². The van der Waals surface area contributed by atoms with Gasteiger partial charge in [0.25, 0.3) is 5.56 Å². The van der Waals surface area contributed by atoms with Gasteiger partial charge in [0.15, 0.2) is 0 Å². The zero-order valence-corrected chi connectivity index (χ0v) is 9.73. The van der Waals surface area contributed by atoms with Gasteiger partial charge < -0.3 is 0 Å². The minimum Gasteiger partial charge on any atom is -0.267 e. The van der Waals surface area contributed by atoms with Gasteiger partial charge in [-0.15, -0.1) is 0 Å². The summed E-state index contributed by atoms with van der Waals surface area (Å²) in [6, 6.07) is 18.6. The monoisotopic (exact) mass is 236 g/mol. The molecule has 0 radical (unpaired) electrons. The third-order valence-corrected chi connectivity index (χ3v) is 2.26. The molecule has 3 aromatic rings. The topological polar surface area (TPSA) is 42.9 Å². The first-order chi connectivity index (χ1) is 8.86. The summed E-state index contributed by atoms with van der Waals surface area (Å²) in [7, 11) is 0. The van der Waals surface area contributed by atoms with Crippen LogP contribution in [0.3, 0.4) is 0 Å². The molecule has 1 aromatic carbocycles. The van der Waals surface area contributed by atoms with Crippen molar-refractivity contribution in [3.8, 4) is 0 Å². The van der Waals surface area contributed by atoms with Gasteiger partial charge in [0.2, 0.25) is 0 Å². The normalized spacial score (nSPS) is 9.33. The van der Waals surface area contributed by atoms with Gasteiger partial charge >= 0.3 is 0 Å². The van der Waals surface area contributed by atoms with Crippen molar-refractivity contribution in [3.63, 3.8) is 0 Å². The molecular formula is C15H12N2O. The first kappa shape index (κ1) is 11.9. The van der Waals surface area contributed by atoms with Crippen molar-refractivity contribution in [1.29, 1.82) is 0 Å². The molecule has 3 heteroatoms. The number of para-hydroxylation sites is 1. The summed E-state index contributed by atoms with van der Waals surface area (Å²) in [6.45, 7) is 0. The average Bonchev–Trinajstić information content (AvgIpc) is 2.67. The van der Waals surface area contributed by atoms with E-state index >= 15 is 0 Å². The second kappa shape index (κ2) is 6.25. The number of nitrogens with zero attached hydrogens (tertiary/aromatic N) is 2. The Morgan fingerprint density at radius 3 is 2.28 bits per heavy atom. The van der Waals surface area contributed by atoms with Crippen LogP contribution < -0.4 is 5.56 Å². The molecule has 0 spiro atoms. The lowest BCUT2D eigenvalue weighted by Gasteiger charge is -1.91. The summed E-state index contributed by atoms with van der Waals surface area (Å²) in [5.74, 6) is 0. The zero-order valence-electron chi connectivity index (χ0n) is 9.73. The van der Waals surface area contributed by atoms with E-state index in [9.17, 15) is 4.79 Å². The van der Waals surface area contributed by atoms with Crippen molar-refractivity contribution in [2.45, 2.75) is 0 Å². The first-order valence-corrected chi connectivity index (χ1v) is 5.57. The SMILES string of the molecule is O=c1cccccn1.c1ccc2ncccc2c1. The van der Waals surface area contributed by atoms with Crippen LogP contribution in [-0.4, -0.2) is 9.97 Å². The second-order valence-corrected chi connectivity index (χ2v) is 3.56. The molecule has 3 nitrogen and oxygen atoms in total. The van der Waals surface area contributed by atoms with Crippen LogP contribution >= 0.6 is 0 Å². The fourth-order valence-electron chi connectivity index (χ4n) is 1.43. The zero-order chi connectivity index (χ0) is 12.6. The van der Waals surface area contributed by atoms with Crippen molar-refractivity contribution in [3.05, 3.63) is 83.4 Å². The third kappa shape index (κ3) is 3.49. The Morgan fingerprint density at radius 1 is 0.667 bits per heavy atom. The Bertz CT molecular complexity index is 596. The summed E-state index contributed by atoms with van der Waals surface area (Å²) < 4.78 is 0. The molecule has 0 aliphatic rings. The highest BCUT2D eigenvalue weighted by Crippen LogP contribution is 2.07. The summed E-state index contributed by atoms with van der Waals surface area (Å²) in [6.07, 6.45) is 3.28. The largest absolute Gasteiger partial charge is 0.269 e. The molecule has 3 rings (SSSR count). The van der Waals surface area contributed by atoms with Gasteiger partial charge in [0.1, 0.15) is 0 Å². The van der Waals surface area contributed by atoms with Crippen LogP contribution in [0.1, 0.15) is 0 Å². The fraction of sp³-hybridized carbons (Fsp3) is 0. The molecule has 0 amide bonds. The van der Waals surface area contributed by atoms with Gasteiger partial charge in [0.05, 0.1) is 5.52 Å². The number of benzene rings is 1. The highest BCUT2D eigenvalue weighted by Gasteiger charge is 1.86. The summed E-state index contributed by atoms with van der Waals surface area (Å²) in [5.41, 5.74) is 0.861. The van der Waals surface area contributed by atoms with Crippen molar-refractivity contribution in [2.24, 2.45) is 0 Å². The Kier molecular flexibility index (Phi) is 4.14. The van der Waals surface area contributed by atoms with E-state index < -0.39 is 0 Å². The highest BCUT2D eigenvalue weighted by atomic mass is 16.1. The van der Waals surface area contributed by atoms with E-state index in [-0.39, 0.29) is 5.56 Å². The van der Waals surface area contributed by atoms with Crippen LogP contribution in [0.15, 0.2) is 77.9 Å². The molecule has 18 heavy (non-hydrogen) atoms. The molecular weight excluding hydrogens is 224 g/mol. The lowest BCUT2D eigenvalue weighted by molar-refractivity contribution is 1.27. The maximum absolute atomic E-state index is 10.4. The van der Waals surface area contributed by atoms with Crippen LogP contribution in [0.5, 0.6) is 0 Å². The molecule has 88 valence electrons. The average molecular weight is 236 g/mol. The number of aromatic nitrogens is 2. The standard InChI is InChI=1S/C9H7N.C6H5NO/c1-2-6-9-8(4-1)5-3-7-10-9;8-6-4-2-1-3-5-7-6/h1-7H;1-5H. The van der Waals surface area contributed by atoms with E-state index in [0.717, 1.165) is 5.52 Å². The summed E-state index contributed by atoms with van der Waals surface area (Å²) in [5, 5.41) is 1.20. The predicted octanol–water partition coefficient (Wildman–Crippen LogP) is 2.68. The lowest BCUT2D eigenvalue weighted by atomic mass is 10.2. The number of fused-ring (bicyclic) bond motifs is 1. The molecule has 2 aromatic heterocycles. The first-order valence-electron chi connectivity index (χ1n) is 5.57. The number of hydrogen-bond acceptors (Lipinski definition) is 3. The highest BCUT2D eigenvalue weighted by molar-refractivity contribution is 5.77. The minimum atomic E-state index is -0.199. The third-order valence-electron chi connectivity index (χ3n) is 2.26. The van der Waals surface area contributed by atoms with E-state index in [0.29, 0.717) is 0 Å². The summed E-state index contributed by atoms with van der Waals surface area (Å²) in [4.78, 5) is 18.0. The van der Waals surface area contributed by atoms with Gasteiger partial charge in [-0.3, -0.25) is 9.78 Å². The van der Waals surface area contributed by atoms with E-state index in [2.05, 4.69) is 22.1 Å². The molecule has 0 aliphatic heterocycles. The van der Waals surface area contributed by atoms with Gasteiger partial charge in [0, 0.05) is 23.8 Å². The van der Waals surface area contributed by atoms with E-state index in [1.54, 1.807) is 18.2 Å². The fourth-order valence-corrected chi connectivity index (χ4v) is 1.43. The van der Waals surface area contributed by atoms with Crippen LogP contribution in [0.4, 0.5) is 0 Å². The van der Waals surface area contributed by atoms with Gasteiger partial charge in [-0.25, -0.2) is 4.98 Å². The molecule has 0 saturated carbocycles. The Hall–Kier alpha value is -2.55. The van der Waals surface area contributed by atoms with Gasteiger partial charge in [-0.05, 0) is 18.2 Å². The maximum Gasteiger partial charge on any atom is 0.269 e. The van der Waals surface area contributed by atoms with Gasteiger partial charge in [-0.2, -0.15) is 0 Å². The van der Waals surface area contributed by atoms with Crippen LogP contribution in [0.25, 0.3) is 10.9 Å². The predicted molar refractivity (Wildman–Crippen MR) is 72.3 cm³/mol. The van der Waals surface area contributed by atoms with E-state index in [1.165, 1.54) is 17.6 Å². The quantitative estimate of drug-likeness (QED) is 0.602. The molecule has 0 fully saturated rings. The molecule has 0 bridgehead atoms. The molecule has 0 aliphatic carbocycles. The Morgan fingerprint density at radius 2 is 1.39 bits per heavy atom. The van der Waals surface area contributed by atoms with Crippen molar-refractivity contribution in [1.82, 2.24) is 9.97 Å². The number of rotatable bonds is 0. The molecule has 2 heterocycles. The minimum absolute atomic E-state index is 0.199. The molecule has 0 unspecified atom stereocenters. The van der Waals surface area contributed by atoms with Crippen molar-refractivity contribution < 1.29 is 0 Å². The summed E-state index contributed by atoms with van der Waals surface area (Å²) >= 11 is 0. The number of pyridine rings is 1. The van der Waals surface area contributed by atoms with E-state index in [4.69, 9.17) is 0 Å². The van der Waals surface area contributed by atoms with Crippen molar-refractivity contribution in [2.75, 3.05) is 0 Å². The number of hydrogen-bond donors (Lipinski definition) is 0. The smallest absolute Gasteiger partial charge is 0.267 e. The van der Waals surface area contributed by atoms with Crippen LogP contribution in [0.2, 0.25) is 0 Å². The van der Waals surface area contributed by atoms with Crippen LogP contribution in [-0.2, 0) is 0 Å². The lowest BCUT2D eigenvalue weighted by Crippen LogP contribution is -1.95. The maximum atomic E-state index is 10.4. The van der Waals surface area contributed by atoms with Crippen LogP contribution in [0, 0.1) is 0 Å². The Labute approximate surface area is 105 Å². The Balaban J connectivity index is 0.000000138.